The fraction of sp³-hybridized carbons (Fsp3) is 0.364. The lowest BCUT2D eigenvalue weighted by Gasteiger charge is -2.07. The molecule has 5 heteroatoms. The monoisotopic (exact) mass is 227 g/mol. The third kappa shape index (κ3) is 6.53. The Hall–Kier alpha value is -1.91. The number of ether oxygens (including phenoxy) is 1. The minimum Gasteiger partial charge on any atom is -0.508 e. The number of carbonyl (C=O) groups is 1. The summed E-state index contributed by atoms with van der Waals surface area (Å²) in [6.45, 7) is 2.22. The van der Waals surface area contributed by atoms with Gasteiger partial charge in [0.05, 0.1) is 6.61 Å². The Labute approximate surface area is 94.9 Å². The Morgan fingerprint density at radius 1 is 1.31 bits per heavy atom. The highest BCUT2D eigenvalue weighted by molar-refractivity contribution is 5.66. The first kappa shape index (κ1) is 14.1. The second-order valence-electron chi connectivity index (χ2n) is 3.11. The van der Waals surface area contributed by atoms with Crippen LogP contribution in [0, 0.1) is 0 Å². The fourth-order valence-electron chi connectivity index (χ4n) is 0.746. The van der Waals surface area contributed by atoms with Crippen LogP contribution in [0.1, 0.15) is 6.92 Å². The molecule has 0 aliphatic rings. The lowest BCUT2D eigenvalue weighted by molar-refractivity contribution is 0.124. The standard InChI is InChI=1S/C6H6O2.C5H11NO2/c7-5-2-1-3-6(8)4-5;1-4-8-5(7)6(2)3/h1-4,7-8H;4H2,1-3H3. The van der Waals surface area contributed by atoms with Gasteiger partial charge < -0.3 is 19.8 Å². The van der Waals surface area contributed by atoms with Crippen LogP contribution in [0.4, 0.5) is 4.79 Å². The van der Waals surface area contributed by atoms with Gasteiger partial charge in [-0.15, -0.1) is 0 Å². The van der Waals surface area contributed by atoms with Crippen molar-refractivity contribution in [2.75, 3.05) is 20.7 Å². The van der Waals surface area contributed by atoms with Gasteiger partial charge in [-0.3, -0.25) is 0 Å². The quantitative estimate of drug-likeness (QED) is 0.767. The lowest BCUT2D eigenvalue weighted by Crippen LogP contribution is -2.22. The number of hydrogen-bond donors (Lipinski definition) is 2. The van der Waals surface area contributed by atoms with E-state index in [-0.39, 0.29) is 17.6 Å². The van der Waals surface area contributed by atoms with E-state index in [4.69, 9.17) is 10.2 Å². The van der Waals surface area contributed by atoms with Crippen LogP contribution < -0.4 is 0 Å². The minimum atomic E-state index is -0.285. The maximum atomic E-state index is 10.4. The number of rotatable bonds is 1. The number of phenolic OH excluding ortho intramolecular Hbond substituents is 2. The van der Waals surface area contributed by atoms with Crippen molar-refractivity contribution in [3.05, 3.63) is 24.3 Å². The molecule has 0 atom stereocenters. The van der Waals surface area contributed by atoms with Gasteiger partial charge in [0.25, 0.3) is 0 Å². The normalized spacial score (nSPS) is 8.69. The molecule has 0 fully saturated rings. The van der Waals surface area contributed by atoms with Crippen molar-refractivity contribution in [1.29, 1.82) is 0 Å². The summed E-state index contributed by atoms with van der Waals surface area (Å²) in [6, 6.07) is 5.85. The van der Waals surface area contributed by atoms with Crippen molar-refractivity contribution < 1.29 is 19.7 Å². The molecule has 0 aliphatic carbocycles. The highest BCUT2D eigenvalue weighted by Gasteiger charge is 1.99. The molecule has 0 saturated carbocycles. The topological polar surface area (TPSA) is 70.0 Å². The van der Waals surface area contributed by atoms with Crippen LogP contribution in [0.25, 0.3) is 0 Å². The molecule has 0 saturated heterocycles. The third-order valence-electron chi connectivity index (χ3n) is 1.46. The first-order valence-electron chi connectivity index (χ1n) is 4.79. The summed E-state index contributed by atoms with van der Waals surface area (Å²) in [7, 11) is 3.30. The molecule has 0 spiro atoms. The molecular weight excluding hydrogens is 210 g/mol. The Balaban J connectivity index is 0.000000281. The maximum absolute atomic E-state index is 10.4. The van der Waals surface area contributed by atoms with Gasteiger partial charge >= 0.3 is 6.09 Å². The van der Waals surface area contributed by atoms with E-state index in [1.165, 1.54) is 23.1 Å². The summed E-state index contributed by atoms with van der Waals surface area (Å²) >= 11 is 0. The van der Waals surface area contributed by atoms with E-state index in [9.17, 15) is 4.79 Å². The van der Waals surface area contributed by atoms with Crippen molar-refractivity contribution in [3.63, 3.8) is 0 Å². The van der Waals surface area contributed by atoms with Gasteiger partial charge in [-0.2, -0.15) is 0 Å². The lowest BCUT2D eigenvalue weighted by atomic mass is 10.3. The average molecular weight is 227 g/mol. The van der Waals surface area contributed by atoms with Crippen LogP contribution >= 0.6 is 0 Å². The first-order valence-corrected chi connectivity index (χ1v) is 4.79. The Morgan fingerprint density at radius 2 is 1.81 bits per heavy atom. The molecule has 0 aliphatic heterocycles. The van der Waals surface area contributed by atoms with Gasteiger partial charge in [-0.05, 0) is 19.1 Å². The molecule has 1 aromatic carbocycles. The van der Waals surface area contributed by atoms with Gasteiger partial charge in [0.2, 0.25) is 0 Å². The maximum Gasteiger partial charge on any atom is 0.409 e. The first-order chi connectivity index (χ1) is 7.47. The van der Waals surface area contributed by atoms with Gasteiger partial charge in [-0.25, -0.2) is 4.79 Å². The van der Waals surface area contributed by atoms with Gasteiger partial charge in [0.1, 0.15) is 11.5 Å². The molecule has 0 heterocycles. The predicted octanol–water partition coefficient (Wildman–Crippen LogP) is 1.80. The van der Waals surface area contributed by atoms with Crippen molar-refractivity contribution >= 4 is 6.09 Å². The molecule has 2 N–H and O–H groups in total. The summed E-state index contributed by atoms with van der Waals surface area (Å²) in [5, 5.41) is 17.3. The third-order valence-corrected chi connectivity index (χ3v) is 1.46. The second-order valence-corrected chi connectivity index (χ2v) is 3.11. The predicted molar refractivity (Wildman–Crippen MR) is 60.5 cm³/mol. The van der Waals surface area contributed by atoms with E-state index in [1.807, 2.05) is 0 Å². The molecule has 1 aromatic rings. The van der Waals surface area contributed by atoms with Crippen molar-refractivity contribution in [2.45, 2.75) is 6.92 Å². The molecule has 1 amide bonds. The average Bonchev–Trinajstić information content (AvgIpc) is 2.18. The number of benzene rings is 1. The molecule has 0 bridgehead atoms. The Morgan fingerprint density at radius 3 is 2.00 bits per heavy atom. The van der Waals surface area contributed by atoms with E-state index < -0.39 is 0 Å². The number of nitrogens with zero attached hydrogens (tertiary/aromatic N) is 1. The molecule has 0 aromatic heterocycles. The summed E-state index contributed by atoms with van der Waals surface area (Å²) in [6.07, 6.45) is -0.285. The molecule has 1 rings (SSSR count). The zero-order chi connectivity index (χ0) is 12.6. The molecule has 0 unspecified atom stereocenters. The van der Waals surface area contributed by atoms with Crippen LogP contribution in [0.2, 0.25) is 0 Å². The van der Waals surface area contributed by atoms with Crippen LogP contribution in [0.15, 0.2) is 24.3 Å². The zero-order valence-electron chi connectivity index (χ0n) is 9.67. The molecule has 5 nitrogen and oxygen atoms in total. The highest BCUT2D eigenvalue weighted by Crippen LogP contribution is 2.14. The van der Waals surface area contributed by atoms with E-state index in [0.717, 1.165) is 0 Å². The Kier molecular flexibility index (Phi) is 6.51. The number of aromatic hydroxyl groups is 2. The molecular formula is C11H17NO4. The minimum absolute atomic E-state index is 0.0880. The molecule has 0 radical (unpaired) electrons. The Bertz CT molecular complexity index is 308. The van der Waals surface area contributed by atoms with E-state index in [1.54, 1.807) is 27.1 Å². The zero-order valence-corrected chi connectivity index (χ0v) is 9.67. The van der Waals surface area contributed by atoms with Crippen molar-refractivity contribution in [3.8, 4) is 11.5 Å². The van der Waals surface area contributed by atoms with Crippen molar-refractivity contribution in [2.24, 2.45) is 0 Å². The van der Waals surface area contributed by atoms with E-state index >= 15 is 0 Å². The van der Waals surface area contributed by atoms with E-state index in [0.29, 0.717) is 6.61 Å². The number of phenols is 2. The van der Waals surface area contributed by atoms with Gasteiger partial charge in [0, 0.05) is 20.2 Å². The second kappa shape index (κ2) is 7.39. The summed E-state index contributed by atoms with van der Waals surface area (Å²) in [5.41, 5.74) is 0. The summed E-state index contributed by atoms with van der Waals surface area (Å²) in [5.74, 6) is 0.176. The highest BCUT2D eigenvalue weighted by atomic mass is 16.5. The van der Waals surface area contributed by atoms with Crippen LogP contribution in [0.3, 0.4) is 0 Å². The fourth-order valence-corrected chi connectivity index (χ4v) is 0.746. The van der Waals surface area contributed by atoms with Crippen LogP contribution in [-0.2, 0) is 4.74 Å². The summed E-state index contributed by atoms with van der Waals surface area (Å²) < 4.78 is 4.59. The molecule has 16 heavy (non-hydrogen) atoms. The van der Waals surface area contributed by atoms with Crippen LogP contribution in [-0.4, -0.2) is 41.9 Å². The number of carbonyl (C=O) groups excluding carboxylic acids is 1. The number of hydrogen-bond acceptors (Lipinski definition) is 4. The van der Waals surface area contributed by atoms with Gasteiger partial charge in [0.15, 0.2) is 0 Å². The van der Waals surface area contributed by atoms with Crippen LogP contribution in [0.5, 0.6) is 11.5 Å². The largest absolute Gasteiger partial charge is 0.508 e. The summed E-state index contributed by atoms with van der Waals surface area (Å²) in [4.78, 5) is 11.8. The van der Waals surface area contributed by atoms with Crippen molar-refractivity contribution in [1.82, 2.24) is 4.90 Å². The van der Waals surface area contributed by atoms with Gasteiger partial charge in [-0.1, -0.05) is 6.07 Å². The van der Waals surface area contributed by atoms with E-state index in [2.05, 4.69) is 4.74 Å². The number of amides is 1. The SMILES string of the molecule is CCOC(=O)N(C)C.Oc1cccc(O)c1. The smallest absolute Gasteiger partial charge is 0.409 e. The molecule has 90 valence electrons.